The Morgan fingerprint density at radius 2 is 1.88 bits per heavy atom. The van der Waals surface area contributed by atoms with Crippen LogP contribution in [-0.2, 0) is 11.2 Å². The first kappa shape index (κ1) is 13.5. The Morgan fingerprint density at radius 1 is 1.24 bits per heavy atom. The monoisotopic (exact) mass is 232 g/mol. The molecule has 92 valence electrons. The van der Waals surface area contributed by atoms with E-state index in [1.165, 1.54) is 24.8 Å². The first-order valence-corrected chi connectivity index (χ1v) is 6.14. The summed E-state index contributed by atoms with van der Waals surface area (Å²) in [5.41, 5.74) is 2.64. The molecule has 0 saturated carbocycles. The molecule has 0 radical (unpaired) electrons. The number of carboxylic acid groups (broad SMARTS) is 1. The van der Waals surface area contributed by atoms with Crippen LogP contribution in [0.1, 0.15) is 44.2 Å². The maximum Gasteiger partial charge on any atom is 0.331 e. The minimum absolute atomic E-state index is 0.365. The molecule has 0 aliphatic rings. The van der Waals surface area contributed by atoms with Gasteiger partial charge in [-0.1, -0.05) is 44.0 Å². The van der Waals surface area contributed by atoms with Crippen molar-refractivity contribution < 1.29 is 9.90 Å². The van der Waals surface area contributed by atoms with E-state index in [1.807, 2.05) is 12.1 Å². The average molecular weight is 232 g/mol. The van der Waals surface area contributed by atoms with E-state index in [2.05, 4.69) is 19.1 Å². The lowest BCUT2D eigenvalue weighted by molar-refractivity contribution is -0.132. The molecule has 1 N–H and O–H groups in total. The van der Waals surface area contributed by atoms with Crippen LogP contribution in [0.25, 0.3) is 6.08 Å². The summed E-state index contributed by atoms with van der Waals surface area (Å²) >= 11 is 0. The molecule has 0 aromatic heterocycles. The van der Waals surface area contributed by atoms with E-state index < -0.39 is 5.97 Å². The molecule has 0 spiro atoms. The second-order valence-electron chi connectivity index (χ2n) is 4.33. The summed E-state index contributed by atoms with van der Waals surface area (Å²) in [5, 5.41) is 8.77. The first-order chi connectivity index (χ1) is 8.13. The van der Waals surface area contributed by atoms with Crippen LogP contribution in [0.2, 0.25) is 0 Å². The largest absolute Gasteiger partial charge is 0.478 e. The molecule has 0 bridgehead atoms. The molecule has 2 heteroatoms. The van der Waals surface area contributed by atoms with Gasteiger partial charge in [-0.2, -0.15) is 0 Å². The highest BCUT2D eigenvalue weighted by atomic mass is 16.4. The van der Waals surface area contributed by atoms with Crippen LogP contribution in [0, 0.1) is 0 Å². The summed E-state index contributed by atoms with van der Waals surface area (Å²) < 4.78 is 0. The Bertz CT molecular complexity index is 388. The minimum Gasteiger partial charge on any atom is -0.478 e. The molecule has 1 aromatic rings. The summed E-state index contributed by atoms with van der Waals surface area (Å²) in [6.07, 6.45) is 6.52. The summed E-state index contributed by atoms with van der Waals surface area (Å²) in [6, 6.07) is 8.12. The van der Waals surface area contributed by atoms with Crippen LogP contribution in [0.5, 0.6) is 0 Å². The van der Waals surface area contributed by atoms with Crippen molar-refractivity contribution in [3.05, 3.63) is 41.0 Å². The lowest BCUT2D eigenvalue weighted by Gasteiger charge is -2.01. The van der Waals surface area contributed by atoms with Crippen molar-refractivity contribution in [2.75, 3.05) is 0 Å². The third kappa shape index (κ3) is 4.85. The van der Waals surface area contributed by atoms with Crippen molar-refractivity contribution in [1.29, 1.82) is 0 Å². The molecular formula is C15H20O2. The average Bonchev–Trinajstić information content (AvgIpc) is 2.31. The second kappa shape index (κ2) is 6.89. The standard InChI is InChI=1S/C15H20O2/c1-3-4-5-6-13-7-9-14(10-8-13)11-12(2)15(16)17/h7-11H,3-6H2,1-2H3,(H,16,17)/b12-11+. The zero-order valence-corrected chi connectivity index (χ0v) is 10.6. The molecule has 0 saturated heterocycles. The van der Waals surface area contributed by atoms with Crippen LogP contribution >= 0.6 is 0 Å². The summed E-state index contributed by atoms with van der Waals surface area (Å²) in [6.45, 7) is 3.81. The highest BCUT2D eigenvalue weighted by Gasteiger charge is 1.99. The molecule has 2 nitrogen and oxygen atoms in total. The predicted octanol–water partition coefficient (Wildman–Crippen LogP) is 3.91. The van der Waals surface area contributed by atoms with Crippen LogP contribution < -0.4 is 0 Å². The number of carboxylic acids is 1. The number of hydrogen-bond acceptors (Lipinski definition) is 1. The molecule has 17 heavy (non-hydrogen) atoms. The van der Waals surface area contributed by atoms with Crippen molar-refractivity contribution in [2.45, 2.75) is 39.5 Å². The van der Waals surface area contributed by atoms with E-state index in [4.69, 9.17) is 5.11 Å². The summed E-state index contributed by atoms with van der Waals surface area (Å²) in [5.74, 6) is -0.864. The SMILES string of the molecule is CCCCCc1ccc(/C=C(\C)C(=O)O)cc1. The van der Waals surface area contributed by atoms with E-state index in [0.717, 1.165) is 12.0 Å². The van der Waals surface area contributed by atoms with Crippen molar-refractivity contribution in [3.8, 4) is 0 Å². The van der Waals surface area contributed by atoms with Gasteiger partial charge in [-0.25, -0.2) is 4.79 Å². The maximum atomic E-state index is 10.7. The Kier molecular flexibility index (Phi) is 5.47. The summed E-state index contributed by atoms with van der Waals surface area (Å²) in [4.78, 5) is 10.7. The number of carbonyl (C=O) groups is 1. The molecule has 0 unspecified atom stereocenters. The van der Waals surface area contributed by atoms with Gasteiger partial charge in [0.1, 0.15) is 0 Å². The Hall–Kier alpha value is -1.57. The lowest BCUT2D eigenvalue weighted by Crippen LogP contribution is -1.95. The fourth-order valence-electron chi connectivity index (χ4n) is 1.67. The first-order valence-electron chi connectivity index (χ1n) is 6.14. The van der Waals surface area contributed by atoms with Crippen molar-refractivity contribution >= 4 is 12.0 Å². The van der Waals surface area contributed by atoms with E-state index in [-0.39, 0.29) is 0 Å². The van der Waals surface area contributed by atoms with Crippen molar-refractivity contribution in [1.82, 2.24) is 0 Å². The van der Waals surface area contributed by atoms with Gasteiger partial charge in [0.15, 0.2) is 0 Å². The Labute approximate surface area is 103 Å². The van der Waals surface area contributed by atoms with E-state index in [0.29, 0.717) is 5.57 Å². The van der Waals surface area contributed by atoms with Crippen LogP contribution in [0.15, 0.2) is 29.8 Å². The smallest absolute Gasteiger partial charge is 0.331 e. The maximum absolute atomic E-state index is 10.7. The van der Waals surface area contributed by atoms with Gasteiger partial charge in [-0.05, 0) is 37.0 Å². The second-order valence-corrected chi connectivity index (χ2v) is 4.33. The van der Waals surface area contributed by atoms with Gasteiger partial charge >= 0.3 is 5.97 Å². The molecule has 0 amide bonds. The molecule has 0 aliphatic carbocycles. The van der Waals surface area contributed by atoms with Gasteiger partial charge in [-0.15, -0.1) is 0 Å². The predicted molar refractivity (Wildman–Crippen MR) is 71.0 cm³/mol. The highest BCUT2D eigenvalue weighted by Crippen LogP contribution is 2.11. The van der Waals surface area contributed by atoms with Crippen molar-refractivity contribution in [2.24, 2.45) is 0 Å². The number of rotatable bonds is 6. The molecule has 1 rings (SSSR count). The fourth-order valence-corrected chi connectivity index (χ4v) is 1.67. The van der Waals surface area contributed by atoms with Gasteiger partial charge in [0.05, 0.1) is 0 Å². The zero-order chi connectivity index (χ0) is 12.7. The van der Waals surface area contributed by atoms with E-state index in [1.54, 1.807) is 13.0 Å². The third-order valence-corrected chi connectivity index (χ3v) is 2.77. The van der Waals surface area contributed by atoms with Gasteiger partial charge in [-0.3, -0.25) is 0 Å². The third-order valence-electron chi connectivity index (χ3n) is 2.77. The molecule has 0 heterocycles. The number of aliphatic carboxylic acids is 1. The molecular weight excluding hydrogens is 212 g/mol. The van der Waals surface area contributed by atoms with Gasteiger partial charge in [0.2, 0.25) is 0 Å². The van der Waals surface area contributed by atoms with Crippen LogP contribution in [0.4, 0.5) is 0 Å². The Balaban J connectivity index is 2.62. The van der Waals surface area contributed by atoms with Crippen molar-refractivity contribution in [3.63, 3.8) is 0 Å². The van der Waals surface area contributed by atoms with Gasteiger partial charge in [0, 0.05) is 5.57 Å². The number of hydrogen-bond donors (Lipinski definition) is 1. The van der Waals surface area contributed by atoms with Gasteiger partial charge < -0.3 is 5.11 Å². The summed E-state index contributed by atoms with van der Waals surface area (Å²) in [7, 11) is 0. The minimum atomic E-state index is -0.864. The molecule has 0 aliphatic heterocycles. The van der Waals surface area contributed by atoms with E-state index in [9.17, 15) is 4.79 Å². The van der Waals surface area contributed by atoms with Crippen LogP contribution in [0.3, 0.4) is 0 Å². The fraction of sp³-hybridized carbons (Fsp3) is 0.400. The Morgan fingerprint density at radius 3 is 2.41 bits per heavy atom. The zero-order valence-electron chi connectivity index (χ0n) is 10.6. The number of aryl methyl sites for hydroxylation is 1. The van der Waals surface area contributed by atoms with Gasteiger partial charge in [0.25, 0.3) is 0 Å². The number of benzene rings is 1. The molecule has 0 atom stereocenters. The topological polar surface area (TPSA) is 37.3 Å². The normalized spacial score (nSPS) is 11.5. The molecule has 1 aromatic carbocycles. The molecule has 0 fully saturated rings. The quantitative estimate of drug-likeness (QED) is 0.596. The lowest BCUT2D eigenvalue weighted by atomic mass is 10.0. The van der Waals surface area contributed by atoms with E-state index >= 15 is 0 Å². The van der Waals surface area contributed by atoms with Crippen LogP contribution in [-0.4, -0.2) is 11.1 Å². The highest BCUT2D eigenvalue weighted by molar-refractivity contribution is 5.91. The number of unbranched alkanes of at least 4 members (excludes halogenated alkanes) is 2.